The highest BCUT2D eigenvalue weighted by Gasteiger charge is 2.57. The van der Waals surface area contributed by atoms with Gasteiger partial charge in [-0.2, -0.15) is 4.98 Å². The molecule has 1 aliphatic heterocycles. The molecule has 0 bridgehead atoms. The van der Waals surface area contributed by atoms with E-state index in [-0.39, 0.29) is 17.0 Å². The summed E-state index contributed by atoms with van der Waals surface area (Å²) in [6.07, 6.45) is 1.45. The van der Waals surface area contributed by atoms with E-state index in [0.717, 1.165) is 10.8 Å². The Morgan fingerprint density at radius 1 is 1.71 bits per heavy atom. The van der Waals surface area contributed by atoms with Crippen molar-refractivity contribution < 1.29 is 19.3 Å². The maximum atomic E-state index is 14.2. The number of fused-ring (bicyclic) bond motifs is 1. The number of aromatic amines is 1. The number of H-pyrrole nitrogens is 1. The van der Waals surface area contributed by atoms with Crippen molar-refractivity contribution in [1.82, 2.24) is 14.5 Å². The van der Waals surface area contributed by atoms with Gasteiger partial charge in [0.1, 0.15) is 17.6 Å². The second-order valence-electron chi connectivity index (χ2n) is 5.58. The third kappa shape index (κ3) is 2.19. The lowest BCUT2D eigenvalue weighted by Crippen LogP contribution is -2.43. The van der Waals surface area contributed by atoms with E-state index in [4.69, 9.17) is 28.5 Å². The van der Waals surface area contributed by atoms with E-state index in [1.165, 1.54) is 6.92 Å². The third-order valence-corrected chi connectivity index (χ3v) is 4.51. The van der Waals surface area contributed by atoms with Gasteiger partial charge in [0.15, 0.2) is 22.6 Å². The fourth-order valence-electron chi connectivity index (χ4n) is 2.82. The van der Waals surface area contributed by atoms with E-state index in [1.54, 1.807) is 0 Å². The van der Waals surface area contributed by atoms with Gasteiger partial charge in [0.2, 0.25) is 5.95 Å². The number of nitrogens with zero attached hydrogens (tertiary/aromatic N) is 2. The van der Waals surface area contributed by atoms with Crippen LogP contribution in [-0.2, 0) is 4.74 Å². The highest BCUT2D eigenvalue weighted by atomic mass is 35.5. The maximum Gasteiger partial charge on any atom is 0.264 e. The molecular formula is C14H14ClFN4O4. The van der Waals surface area contributed by atoms with E-state index in [0.29, 0.717) is 0 Å². The molecule has 5 atom stereocenters. The van der Waals surface area contributed by atoms with Gasteiger partial charge in [-0.3, -0.25) is 14.3 Å². The molecule has 2 unspecified atom stereocenters. The second kappa shape index (κ2) is 5.46. The molecule has 2 aromatic heterocycles. The molecule has 5 N–H and O–H groups in total. The summed E-state index contributed by atoms with van der Waals surface area (Å²) in [4.78, 5) is 16.2. The molecule has 1 saturated heterocycles. The molecule has 0 amide bonds. The molecule has 3 heterocycles. The molecule has 3 rings (SSSR count). The van der Waals surface area contributed by atoms with Crippen LogP contribution in [-0.4, -0.2) is 47.9 Å². The molecule has 0 aromatic carbocycles. The van der Waals surface area contributed by atoms with Crippen LogP contribution in [0.3, 0.4) is 0 Å². The number of rotatable bonds is 2. The lowest BCUT2D eigenvalue weighted by atomic mass is 9.97. The van der Waals surface area contributed by atoms with Gasteiger partial charge in [0.25, 0.3) is 5.56 Å². The Hall–Kier alpha value is -2.12. The van der Waals surface area contributed by atoms with Crippen molar-refractivity contribution in [3.05, 3.63) is 22.4 Å². The van der Waals surface area contributed by atoms with Crippen LogP contribution in [0.25, 0.3) is 11.0 Å². The first-order chi connectivity index (χ1) is 11.2. The van der Waals surface area contributed by atoms with Gasteiger partial charge in [0, 0.05) is 6.20 Å². The average Bonchev–Trinajstić information content (AvgIpc) is 2.95. The third-order valence-electron chi connectivity index (χ3n) is 3.99. The second-order valence-corrected chi connectivity index (χ2v) is 6.21. The maximum absolute atomic E-state index is 14.2. The summed E-state index contributed by atoms with van der Waals surface area (Å²) in [5.74, 6) is 1.10. The summed E-state index contributed by atoms with van der Waals surface area (Å²) >= 11 is 6.32. The Balaban J connectivity index is 2.24. The Kier molecular flexibility index (Phi) is 3.80. The van der Waals surface area contributed by atoms with Crippen molar-refractivity contribution >= 4 is 28.6 Å². The number of hydrogen-bond acceptors (Lipinski definition) is 6. The highest BCUT2D eigenvalue weighted by Crippen LogP contribution is 2.45. The molecule has 10 heteroatoms. The van der Waals surface area contributed by atoms with Gasteiger partial charge >= 0.3 is 0 Å². The molecule has 1 fully saturated rings. The minimum absolute atomic E-state index is 0.141. The summed E-state index contributed by atoms with van der Waals surface area (Å²) < 4.78 is 20.8. The first-order valence-electron chi connectivity index (χ1n) is 6.94. The van der Waals surface area contributed by atoms with Crippen molar-refractivity contribution in [3.63, 3.8) is 0 Å². The van der Waals surface area contributed by atoms with E-state index in [1.807, 2.05) is 0 Å². The van der Waals surface area contributed by atoms with Crippen LogP contribution in [0, 0.1) is 18.2 Å². The number of nitrogens with two attached hydrogens (primary N) is 1. The topological polar surface area (TPSA) is 126 Å². The first-order valence-corrected chi connectivity index (χ1v) is 7.32. The number of aliphatic hydroxyl groups is 2. The van der Waals surface area contributed by atoms with Crippen molar-refractivity contribution in [2.45, 2.75) is 36.3 Å². The molecule has 2 aromatic rings. The highest BCUT2D eigenvalue weighted by molar-refractivity contribution is 6.27. The zero-order valence-electron chi connectivity index (χ0n) is 12.4. The van der Waals surface area contributed by atoms with Crippen LogP contribution in [0.1, 0.15) is 13.2 Å². The first kappa shape index (κ1) is 16.7. The Bertz CT molecular complexity index is 905. The molecule has 8 nitrogen and oxygen atoms in total. The van der Waals surface area contributed by atoms with Crippen LogP contribution in [0.15, 0.2) is 11.0 Å². The summed E-state index contributed by atoms with van der Waals surface area (Å²) in [7, 11) is 0. The standard InChI is InChI=1S/C14H14ClFN4O4/c1-3-14(15)9(22)8(5(2)21)24-12(14)20-4-6(16)7-10(20)18-13(17)19-11(7)23/h1,4-5,8-9,12,21-22H,2H3,(H3,17,18,19,23)/t5-,8+,9?,12+,14?/m0/s1. The van der Waals surface area contributed by atoms with Crippen LogP contribution in [0.2, 0.25) is 0 Å². The Morgan fingerprint density at radius 3 is 2.96 bits per heavy atom. The molecule has 128 valence electrons. The predicted octanol–water partition coefficient (Wildman–Crippen LogP) is -0.304. The van der Waals surface area contributed by atoms with Gasteiger partial charge in [-0.25, -0.2) is 4.39 Å². The van der Waals surface area contributed by atoms with Gasteiger partial charge in [-0.15, -0.1) is 6.42 Å². The lowest BCUT2D eigenvalue weighted by Gasteiger charge is -2.25. The Labute approximate surface area is 140 Å². The van der Waals surface area contributed by atoms with Crippen molar-refractivity contribution in [2.24, 2.45) is 0 Å². The summed E-state index contributed by atoms with van der Waals surface area (Å²) in [6.45, 7) is 1.39. The Morgan fingerprint density at radius 2 is 2.38 bits per heavy atom. The number of terminal acetylenes is 1. The number of ether oxygens (including phenoxy) is 1. The predicted molar refractivity (Wildman–Crippen MR) is 83.7 cm³/mol. The SMILES string of the molecule is C#CC1(Cl)C(O)[C@@H]([C@H](C)O)O[C@H]1n1cc(F)c2c(=O)[nH]c(N)nc21. The molecule has 24 heavy (non-hydrogen) atoms. The van der Waals surface area contributed by atoms with Gasteiger partial charge in [-0.1, -0.05) is 17.5 Å². The number of halogens is 2. The quantitative estimate of drug-likeness (QED) is 0.432. The number of nitrogens with one attached hydrogen (secondary N) is 1. The number of anilines is 1. The number of aromatic nitrogens is 3. The monoisotopic (exact) mass is 356 g/mol. The van der Waals surface area contributed by atoms with Gasteiger partial charge in [-0.05, 0) is 6.92 Å². The number of alkyl halides is 1. The zero-order valence-corrected chi connectivity index (χ0v) is 13.2. The van der Waals surface area contributed by atoms with Crippen LogP contribution < -0.4 is 11.3 Å². The summed E-state index contributed by atoms with van der Waals surface area (Å²) in [5, 5.41) is 19.7. The largest absolute Gasteiger partial charge is 0.391 e. The number of aliphatic hydroxyl groups excluding tert-OH is 2. The molecule has 1 aliphatic rings. The van der Waals surface area contributed by atoms with E-state index in [2.05, 4.69) is 15.9 Å². The van der Waals surface area contributed by atoms with E-state index < -0.39 is 40.8 Å². The molecule has 0 spiro atoms. The number of nitrogen functional groups attached to an aromatic ring is 1. The molecule has 0 radical (unpaired) electrons. The smallest absolute Gasteiger partial charge is 0.264 e. The van der Waals surface area contributed by atoms with E-state index >= 15 is 0 Å². The minimum atomic E-state index is -1.81. The normalized spacial score (nSPS) is 31.2. The van der Waals surface area contributed by atoms with Crippen molar-refractivity contribution in [3.8, 4) is 12.3 Å². The van der Waals surface area contributed by atoms with Crippen molar-refractivity contribution in [1.29, 1.82) is 0 Å². The van der Waals surface area contributed by atoms with Crippen LogP contribution >= 0.6 is 11.6 Å². The van der Waals surface area contributed by atoms with E-state index in [9.17, 15) is 19.4 Å². The fourth-order valence-corrected chi connectivity index (χ4v) is 3.10. The molecule has 0 saturated carbocycles. The summed E-state index contributed by atoms with van der Waals surface area (Å²) in [6, 6.07) is 0. The number of hydrogen-bond donors (Lipinski definition) is 4. The molecule has 0 aliphatic carbocycles. The van der Waals surface area contributed by atoms with Crippen LogP contribution in [0.5, 0.6) is 0 Å². The zero-order chi connectivity index (χ0) is 17.8. The molecular weight excluding hydrogens is 343 g/mol. The van der Waals surface area contributed by atoms with Crippen LogP contribution in [0.4, 0.5) is 10.3 Å². The lowest BCUT2D eigenvalue weighted by molar-refractivity contribution is -0.0752. The summed E-state index contributed by atoms with van der Waals surface area (Å²) in [5.41, 5.74) is 4.58. The van der Waals surface area contributed by atoms with Gasteiger partial charge in [0.05, 0.1) is 6.10 Å². The van der Waals surface area contributed by atoms with Crippen molar-refractivity contribution in [2.75, 3.05) is 5.73 Å². The average molecular weight is 357 g/mol. The van der Waals surface area contributed by atoms with Gasteiger partial charge < -0.3 is 20.7 Å². The fraction of sp³-hybridized carbons (Fsp3) is 0.429. The minimum Gasteiger partial charge on any atom is -0.391 e.